The third-order valence-electron chi connectivity index (χ3n) is 5.78. The summed E-state index contributed by atoms with van der Waals surface area (Å²) in [6, 6.07) is 9.90. The molecule has 1 aliphatic carbocycles. The van der Waals surface area contributed by atoms with Crippen LogP contribution in [0.3, 0.4) is 0 Å². The molecule has 4 rings (SSSR count). The van der Waals surface area contributed by atoms with Crippen LogP contribution in [0.2, 0.25) is 0 Å². The van der Waals surface area contributed by atoms with Gasteiger partial charge >= 0.3 is 0 Å². The van der Waals surface area contributed by atoms with Gasteiger partial charge in [-0.2, -0.15) is 4.99 Å². The van der Waals surface area contributed by atoms with Gasteiger partial charge < -0.3 is 4.90 Å². The number of rotatable bonds is 4. The van der Waals surface area contributed by atoms with Crippen molar-refractivity contribution in [3.05, 3.63) is 35.9 Å². The molecule has 1 saturated carbocycles. The minimum atomic E-state index is -3.01. The first-order valence-corrected chi connectivity index (χ1v) is 12.5. The Hall–Kier alpha value is -1.34. The fourth-order valence-corrected chi connectivity index (χ4v) is 8.36. The Morgan fingerprint density at radius 1 is 1.11 bits per heavy atom. The quantitative estimate of drug-likeness (QED) is 0.768. The summed E-state index contributed by atoms with van der Waals surface area (Å²) < 4.78 is 24.2. The second-order valence-corrected chi connectivity index (χ2v) is 11.3. The van der Waals surface area contributed by atoms with Gasteiger partial charge in [0.15, 0.2) is 15.0 Å². The number of aliphatic imine (C=N–C) groups is 1. The highest BCUT2D eigenvalue weighted by molar-refractivity contribution is 8.15. The third kappa shape index (κ3) is 4.57. The summed E-state index contributed by atoms with van der Waals surface area (Å²) in [5, 5.41) is 0.699. The number of carbonyl (C=O) groups excluding carboxylic acids is 1. The van der Waals surface area contributed by atoms with Crippen molar-refractivity contribution in [3.8, 4) is 0 Å². The van der Waals surface area contributed by atoms with Crippen molar-refractivity contribution >= 4 is 32.7 Å². The monoisotopic (exact) mass is 406 g/mol. The summed E-state index contributed by atoms with van der Waals surface area (Å²) in [5.41, 5.74) is 1.11. The molecule has 3 fully saturated rings. The number of thioether (sulfide) groups is 1. The number of amidine groups is 1. The van der Waals surface area contributed by atoms with Crippen LogP contribution in [0.4, 0.5) is 0 Å². The number of sulfone groups is 1. The van der Waals surface area contributed by atoms with E-state index >= 15 is 0 Å². The van der Waals surface area contributed by atoms with Gasteiger partial charge in [-0.25, -0.2) is 8.42 Å². The normalized spacial score (nSPS) is 29.2. The van der Waals surface area contributed by atoms with Gasteiger partial charge in [-0.3, -0.25) is 4.79 Å². The molecule has 2 saturated heterocycles. The van der Waals surface area contributed by atoms with Gasteiger partial charge in [-0.05, 0) is 24.3 Å². The zero-order valence-electron chi connectivity index (χ0n) is 15.4. The summed E-state index contributed by atoms with van der Waals surface area (Å²) in [5.74, 6) is 0.756. The lowest BCUT2D eigenvalue weighted by atomic mass is 9.87. The zero-order chi connectivity index (χ0) is 18.9. The number of nitrogens with zero attached hydrogens (tertiary/aromatic N) is 2. The third-order valence-corrected chi connectivity index (χ3v) is 9.03. The standard InChI is InChI=1S/C20H26N2O3S2/c23-19(11-15-7-3-1-4-8-15)21-20-22(12-16-9-5-2-6-10-16)17-13-27(24,25)14-18(17)26-20/h2,5-6,9-10,15,17-18H,1,3-4,7-8,11-14H2/t17-,18+/m1/s1. The molecule has 1 aromatic rings. The Morgan fingerprint density at radius 3 is 2.59 bits per heavy atom. The lowest BCUT2D eigenvalue weighted by Gasteiger charge is -2.25. The Balaban J connectivity index is 1.52. The van der Waals surface area contributed by atoms with Crippen molar-refractivity contribution < 1.29 is 13.2 Å². The van der Waals surface area contributed by atoms with Crippen LogP contribution >= 0.6 is 11.8 Å². The summed E-state index contributed by atoms with van der Waals surface area (Å²) in [4.78, 5) is 19.1. The molecule has 146 valence electrons. The predicted molar refractivity (Wildman–Crippen MR) is 109 cm³/mol. The molecule has 0 aromatic heterocycles. The van der Waals surface area contributed by atoms with E-state index in [1.807, 2.05) is 35.2 Å². The highest BCUT2D eigenvalue weighted by Gasteiger charge is 2.48. The first-order valence-electron chi connectivity index (χ1n) is 9.79. The van der Waals surface area contributed by atoms with Crippen molar-refractivity contribution in [2.75, 3.05) is 11.5 Å². The molecule has 27 heavy (non-hydrogen) atoms. The molecule has 0 unspecified atom stereocenters. The number of benzene rings is 1. The van der Waals surface area contributed by atoms with Crippen LogP contribution in [-0.2, 0) is 21.2 Å². The zero-order valence-corrected chi connectivity index (χ0v) is 17.1. The Labute approximate surface area is 165 Å². The summed E-state index contributed by atoms with van der Waals surface area (Å²) in [6.07, 6.45) is 6.48. The second-order valence-electron chi connectivity index (χ2n) is 7.91. The maximum atomic E-state index is 12.6. The van der Waals surface area contributed by atoms with Gasteiger partial charge in [0.05, 0.1) is 17.5 Å². The first kappa shape index (κ1) is 19.0. The molecule has 1 amide bonds. The van der Waals surface area contributed by atoms with E-state index < -0.39 is 9.84 Å². The highest BCUT2D eigenvalue weighted by atomic mass is 32.2. The van der Waals surface area contributed by atoms with Crippen molar-refractivity contribution in [2.45, 2.75) is 56.4 Å². The first-order chi connectivity index (χ1) is 13.0. The van der Waals surface area contributed by atoms with Gasteiger partial charge in [0, 0.05) is 18.2 Å². The summed E-state index contributed by atoms with van der Waals surface area (Å²) in [7, 11) is -3.01. The smallest absolute Gasteiger partial charge is 0.248 e. The molecule has 5 nitrogen and oxygen atoms in total. The SMILES string of the molecule is O=C(CC1CCCCC1)N=C1S[C@H]2CS(=O)(=O)C[C@H]2N1Cc1ccccc1. The number of amides is 1. The maximum absolute atomic E-state index is 12.6. The fraction of sp³-hybridized carbons (Fsp3) is 0.600. The Kier molecular flexibility index (Phi) is 5.60. The molecule has 7 heteroatoms. The van der Waals surface area contributed by atoms with Crippen LogP contribution in [0.25, 0.3) is 0 Å². The number of fused-ring (bicyclic) bond motifs is 1. The molecule has 0 N–H and O–H groups in total. The molecule has 0 spiro atoms. The average Bonchev–Trinajstić information content (AvgIpc) is 3.09. The van der Waals surface area contributed by atoms with Crippen molar-refractivity contribution in [1.82, 2.24) is 4.90 Å². The van der Waals surface area contributed by atoms with Crippen LogP contribution in [0.1, 0.15) is 44.1 Å². The van der Waals surface area contributed by atoms with E-state index in [4.69, 9.17) is 0 Å². The number of hydrogen-bond acceptors (Lipinski definition) is 4. The van der Waals surface area contributed by atoms with Crippen LogP contribution in [0.15, 0.2) is 35.3 Å². The lowest BCUT2D eigenvalue weighted by Crippen LogP contribution is -2.37. The molecule has 0 bridgehead atoms. The molecule has 2 aliphatic heterocycles. The van der Waals surface area contributed by atoms with E-state index in [0.717, 1.165) is 18.4 Å². The van der Waals surface area contributed by atoms with Crippen molar-refractivity contribution in [1.29, 1.82) is 0 Å². The minimum absolute atomic E-state index is 0.0139. The van der Waals surface area contributed by atoms with E-state index in [1.54, 1.807) is 0 Å². The van der Waals surface area contributed by atoms with Gasteiger partial charge in [-0.1, -0.05) is 61.4 Å². The molecule has 3 aliphatic rings. The molecule has 2 heterocycles. The molecular weight excluding hydrogens is 380 g/mol. The van der Waals surface area contributed by atoms with E-state index in [1.165, 1.54) is 31.0 Å². The molecule has 0 radical (unpaired) electrons. The number of carbonyl (C=O) groups is 1. The van der Waals surface area contributed by atoms with Crippen LogP contribution in [0, 0.1) is 5.92 Å². The van der Waals surface area contributed by atoms with Gasteiger partial charge in [0.25, 0.3) is 0 Å². The number of hydrogen-bond donors (Lipinski definition) is 0. The maximum Gasteiger partial charge on any atom is 0.248 e. The van der Waals surface area contributed by atoms with Crippen LogP contribution < -0.4 is 0 Å². The van der Waals surface area contributed by atoms with Gasteiger partial charge in [0.2, 0.25) is 5.91 Å². The Bertz CT molecular complexity index is 817. The Morgan fingerprint density at radius 2 is 1.85 bits per heavy atom. The topological polar surface area (TPSA) is 66.8 Å². The van der Waals surface area contributed by atoms with E-state index in [-0.39, 0.29) is 28.7 Å². The predicted octanol–water partition coefficient (Wildman–Crippen LogP) is 3.25. The second kappa shape index (κ2) is 7.95. The van der Waals surface area contributed by atoms with E-state index in [0.29, 0.717) is 24.1 Å². The van der Waals surface area contributed by atoms with Gasteiger partial charge in [0.1, 0.15) is 0 Å². The molecular formula is C20H26N2O3S2. The minimum Gasteiger partial charge on any atom is -0.342 e. The molecule has 2 atom stereocenters. The fourth-order valence-electron chi connectivity index (χ4n) is 4.39. The average molecular weight is 407 g/mol. The summed E-state index contributed by atoms with van der Waals surface area (Å²) >= 11 is 1.48. The van der Waals surface area contributed by atoms with Crippen LogP contribution in [-0.4, -0.2) is 47.2 Å². The van der Waals surface area contributed by atoms with E-state index in [9.17, 15) is 13.2 Å². The largest absolute Gasteiger partial charge is 0.342 e. The van der Waals surface area contributed by atoms with Crippen molar-refractivity contribution in [2.24, 2.45) is 10.9 Å². The molecule has 1 aromatic carbocycles. The van der Waals surface area contributed by atoms with Crippen LogP contribution in [0.5, 0.6) is 0 Å². The highest BCUT2D eigenvalue weighted by Crippen LogP contribution is 2.39. The lowest BCUT2D eigenvalue weighted by molar-refractivity contribution is -0.118. The van der Waals surface area contributed by atoms with Crippen molar-refractivity contribution in [3.63, 3.8) is 0 Å². The summed E-state index contributed by atoms with van der Waals surface area (Å²) in [6.45, 7) is 0.597. The van der Waals surface area contributed by atoms with Gasteiger partial charge in [-0.15, -0.1) is 0 Å². The van der Waals surface area contributed by atoms with E-state index in [2.05, 4.69) is 4.99 Å².